The van der Waals surface area contributed by atoms with Gasteiger partial charge in [-0.25, -0.2) is 0 Å². The van der Waals surface area contributed by atoms with Gasteiger partial charge in [0.25, 0.3) is 0 Å². The molecule has 1 aromatic carbocycles. The molecule has 14 heavy (non-hydrogen) atoms. The topological polar surface area (TPSA) is 32.9 Å². The molecule has 3 rings (SSSR count). The Bertz CT molecular complexity index is 536. The molecule has 0 fully saturated rings. The Balaban J connectivity index is 2.53. The van der Waals surface area contributed by atoms with Crippen molar-refractivity contribution in [3.05, 3.63) is 35.0 Å². The van der Waals surface area contributed by atoms with E-state index in [1.807, 2.05) is 18.2 Å². The predicted octanol–water partition coefficient (Wildman–Crippen LogP) is 2.61. The number of carbonyl (C=O) groups is 1. The number of benzene rings is 1. The molecule has 1 heterocycles. The summed E-state index contributed by atoms with van der Waals surface area (Å²) in [7, 11) is 0. The van der Waals surface area contributed by atoms with E-state index >= 15 is 0 Å². The molecule has 0 bridgehead atoms. The van der Waals surface area contributed by atoms with Crippen molar-refractivity contribution < 1.29 is 4.79 Å². The Morgan fingerprint density at radius 2 is 2.14 bits per heavy atom. The van der Waals surface area contributed by atoms with Gasteiger partial charge in [-0.3, -0.25) is 4.79 Å². The molecule has 1 N–H and O–H groups in total. The lowest BCUT2D eigenvalue weighted by molar-refractivity contribution is 0.0982. The van der Waals surface area contributed by atoms with Crippen LogP contribution >= 0.6 is 0 Å². The molecule has 1 aromatic heterocycles. The van der Waals surface area contributed by atoms with Crippen LogP contribution in [0.1, 0.15) is 28.0 Å². The number of carbonyl (C=O) groups excluding carboxylic acids is 1. The van der Waals surface area contributed by atoms with E-state index in [2.05, 4.69) is 11.9 Å². The summed E-state index contributed by atoms with van der Waals surface area (Å²) < 4.78 is 0. The van der Waals surface area contributed by atoms with Crippen LogP contribution in [0.25, 0.3) is 10.9 Å². The van der Waals surface area contributed by atoms with E-state index in [-0.39, 0.29) is 5.78 Å². The molecule has 0 radical (unpaired) electrons. The first-order valence-electron chi connectivity index (χ1n) is 4.91. The van der Waals surface area contributed by atoms with Gasteiger partial charge in [-0.1, -0.05) is 12.1 Å². The molecule has 0 unspecified atom stereocenters. The summed E-state index contributed by atoms with van der Waals surface area (Å²) in [5.41, 5.74) is 4.53. The van der Waals surface area contributed by atoms with Gasteiger partial charge in [0.1, 0.15) is 0 Å². The van der Waals surface area contributed by atoms with Gasteiger partial charge in [-0.2, -0.15) is 0 Å². The molecule has 0 aliphatic heterocycles. The highest BCUT2D eigenvalue weighted by atomic mass is 16.1. The van der Waals surface area contributed by atoms with Gasteiger partial charge in [0.15, 0.2) is 5.78 Å². The van der Waals surface area contributed by atoms with Crippen LogP contribution in [0.4, 0.5) is 0 Å². The molecule has 0 spiro atoms. The normalized spacial score (nSPS) is 15.1. The highest BCUT2D eigenvalue weighted by molar-refractivity contribution is 6.11. The first-order valence-corrected chi connectivity index (χ1v) is 4.91. The second-order valence-electron chi connectivity index (χ2n) is 3.88. The number of aromatic amines is 1. The molecule has 2 nitrogen and oxygen atoms in total. The first kappa shape index (κ1) is 7.80. The highest BCUT2D eigenvalue weighted by Crippen LogP contribution is 2.31. The number of hydrogen-bond acceptors (Lipinski definition) is 1. The Kier molecular flexibility index (Phi) is 1.38. The maximum absolute atomic E-state index is 11.7. The molecule has 0 atom stereocenters. The minimum atomic E-state index is 0.280. The number of nitrogens with one attached hydrogen (secondary N) is 1. The summed E-state index contributed by atoms with van der Waals surface area (Å²) in [5, 5.41) is 1.15. The number of aromatic nitrogens is 1. The third-order valence-electron chi connectivity index (χ3n) is 3.04. The summed E-state index contributed by atoms with van der Waals surface area (Å²) >= 11 is 0. The number of H-pyrrole nitrogens is 1. The summed E-state index contributed by atoms with van der Waals surface area (Å²) in [5.74, 6) is 0.280. The van der Waals surface area contributed by atoms with Gasteiger partial charge in [0.2, 0.25) is 0 Å². The fourth-order valence-corrected chi connectivity index (χ4v) is 2.36. The van der Waals surface area contributed by atoms with E-state index in [0.717, 1.165) is 22.9 Å². The monoisotopic (exact) mass is 185 g/mol. The third kappa shape index (κ3) is 0.830. The van der Waals surface area contributed by atoms with Gasteiger partial charge >= 0.3 is 0 Å². The van der Waals surface area contributed by atoms with Crippen LogP contribution in [0.2, 0.25) is 0 Å². The first-order chi connectivity index (χ1) is 6.77. The Morgan fingerprint density at radius 1 is 1.29 bits per heavy atom. The van der Waals surface area contributed by atoms with E-state index in [1.54, 1.807) is 0 Å². The van der Waals surface area contributed by atoms with Crippen molar-refractivity contribution in [2.45, 2.75) is 19.8 Å². The van der Waals surface area contributed by atoms with E-state index in [0.29, 0.717) is 6.42 Å². The molecule has 2 aromatic rings. The Hall–Kier alpha value is -1.57. The van der Waals surface area contributed by atoms with Crippen molar-refractivity contribution in [2.24, 2.45) is 0 Å². The number of ketones is 1. The molecule has 0 saturated heterocycles. The largest absolute Gasteiger partial charge is 0.358 e. The smallest absolute Gasteiger partial charge is 0.163 e. The van der Waals surface area contributed by atoms with Crippen molar-refractivity contribution in [1.29, 1.82) is 0 Å². The van der Waals surface area contributed by atoms with Crippen molar-refractivity contribution in [1.82, 2.24) is 4.98 Å². The average Bonchev–Trinajstić information content (AvgIpc) is 2.50. The number of hydrogen-bond donors (Lipinski definition) is 1. The summed E-state index contributed by atoms with van der Waals surface area (Å²) in [6.45, 7) is 2.08. The van der Waals surface area contributed by atoms with Crippen molar-refractivity contribution in [3.63, 3.8) is 0 Å². The van der Waals surface area contributed by atoms with E-state index in [9.17, 15) is 4.79 Å². The van der Waals surface area contributed by atoms with E-state index < -0.39 is 0 Å². The lowest BCUT2D eigenvalue weighted by atomic mass is 9.91. The number of rotatable bonds is 0. The van der Waals surface area contributed by atoms with Crippen molar-refractivity contribution in [3.8, 4) is 0 Å². The zero-order valence-electron chi connectivity index (χ0n) is 8.05. The fourth-order valence-electron chi connectivity index (χ4n) is 2.36. The van der Waals surface area contributed by atoms with Crippen LogP contribution in [-0.2, 0) is 6.42 Å². The second-order valence-corrected chi connectivity index (χ2v) is 3.88. The van der Waals surface area contributed by atoms with Crippen molar-refractivity contribution >= 4 is 16.7 Å². The second kappa shape index (κ2) is 2.47. The summed E-state index contributed by atoms with van der Waals surface area (Å²) in [6.07, 6.45) is 1.55. The molecular formula is C12H11NO. The van der Waals surface area contributed by atoms with Gasteiger partial charge < -0.3 is 4.98 Å². The molecule has 2 heteroatoms. The molecule has 0 amide bonds. The van der Waals surface area contributed by atoms with Crippen LogP contribution in [-0.4, -0.2) is 10.8 Å². The zero-order chi connectivity index (χ0) is 9.71. The van der Waals surface area contributed by atoms with Crippen molar-refractivity contribution in [2.75, 3.05) is 0 Å². The molecule has 0 saturated carbocycles. The predicted molar refractivity (Wildman–Crippen MR) is 55.7 cm³/mol. The van der Waals surface area contributed by atoms with Crippen LogP contribution in [0, 0.1) is 6.92 Å². The van der Waals surface area contributed by atoms with E-state index in [4.69, 9.17) is 0 Å². The maximum atomic E-state index is 11.7. The van der Waals surface area contributed by atoms with Crippen LogP contribution in [0.5, 0.6) is 0 Å². The van der Waals surface area contributed by atoms with Gasteiger partial charge in [-0.05, 0) is 25.0 Å². The zero-order valence-corrected chi connectivity index (χ0v) is 8.05. The van der Waals surface area contributed by atoms with Gasteiger partial charge in [0, 0.05) is 28.6 Å². The Morgan fingerprint density at radius 3 is 3.00 bits per heavy atom. The maximum Gasteiger partial charge on any atom is 0.163 e. The molecule has 70 valence electrons. The summed E-state index contributed by atoms with van der Waals surface area (Å²) in [6, 6.07) is 5.91. The van der Waals surface area contributed by atoms with Gasteiger partial charge in [-0.15, -0.1) is 0 Å². The van der Waals surface area contributed by atoms with Crippen LogP contribution in [0.3, 0.4) is 0 Å². The van der Waals surface area contributed by atoms with Crippen LogP contribution in [0.15, 0.2) is 18.2 Å². The van der Waals surface area contributed by atoms with Gasteiger partial charge in [0.05, 0.1) is 0 Å². The minimum Gasteiger partial charge on any atom is -0.358 e. The SMILES string of the molecule is Cc1[nH]c2cccc3c2c1CCC3=O. The molecule has 1 aliphatic rings. The number of Topliss-reactive ketones (excluding diaryl/α,β-unsaturated/α-hetero) is 1. The lowest BCUT2D eigenvalue weighted by Crippen LogP contribution is -2.07. The van der Waals surface area contributed by atoms with E-state index in [1.165, 1.54) is 11.3 Å². The molecule has 1 aliphatic carbocycles. The van der Waals surface area contributed by atoms with Crippen LogP contribution < -0.4 is 0 Å². The Labute approximate surface area is 81.9 Å². The standard InChI is InChI=1S/C12H11NO/c1-7-8-5-6-11(14)9-3-2-4-10(13-7)12(8)9/h2-4,13H,5-6H2,1H3. The average molecular weight is 185 g/mol. The molecular weight excluding hydrogens is 174 g/mol. The quantitative estimate of drug-likeness (QED) is 0.672. The number of aryl methyl sites for hydroxylation is 2. The summed E-state index contributed by atoms with van der Waals surface area (Å²) in [4.78, 5) is 15.0. The lowest BCUT2D eigenvalue weighted by Gasteiger charge is -2.11. The minimum absolute atomic E-state index is 0.280. The fraction of sp³-hybridized carbons (Fsp3) is 0.250. The third-order valence-corrected chi connectivity index (χ3v) is 3.04. The highest BCUT2D eigenvalue weighted by Gasteiger charge is 2.21.